The Bertz CT molecular complexity index is 3240. The number of hydrogen-bond donors (Lipinski definition) is 0. The van der Waals surface area contributed by atoms with Crippen LogP contribution in [0.4, 0.5) is 0 Å². The van der Waals surface area contributed by atoms with Crippen molar-refractivity contribution >= 4 is 65.0 Å². The lowest BCUT2D eigenvalue weighted by Gasteiger charge is -2.13. The first-order valence-corrected chi connectivity index (χ1v) is 17.9. The van der Waals surface area contributed by atoms with E-state index in [0.29, 0.717) is 17.5 Å². The Balaban J connectivity index is 1.18. The quantitative estimate of drug-likeness (QED) is 0.174. The molecule has 0 radical (unpaired) electrons. The van der Waals surface area contributed by atoms with Crippen molar-refractivity contribution in [2.24, 2.45) is 0 Å². The van der Waals surface area contributed by atoms with Gasteiger partial charge in [-0.1, -0.05) is 152 Å². The van der Waals surface area contributed by atoms with Crippen molar-refractivity contribution in [3.8, 4) is 45.3 Å². The minimum atomic E-state index is 0.598. The van der Waals surface area contributed by atoms with Crippen molar-refractivity contribution in [2.75, 3.05) is 0 Å². The third-order valence-electron chi connectivity index (χ3n) is 10.5. The summed E-state index contributed by atoms with van der Waals surface area (Å²) in [5.74, 6) is 1.84. The van der Waals surface area contributed by atoms with Gasteiger partial charge in [-0.3, -0.25) is 0 Å². The third kappa shape index (κ3) is 4.73. The molecule has 0 bridgehead atoms. The fourth-order valence-electron chi connectivity index (χ4n) is 8.00. The van der Waals surface area contributed by atoms with Crippen molar-refractivity contribution in [1.82, 2.24) is 15.0 Å². The van der Waals surface area contributed by atoms with E-state index in [9.17, 15) is 0 Å². The summed E-state index contributed by atoms with van der Waals surface area (Å²) in [4.78, 5) is 15.4. The zero-order valence-electron chi connectivity index (χ0n) is 28.5. The molecular weight excluding hydrogens is 647 g/mol. The number of para-hydroxylation sites is 1. The molecule has 0 saturated carbocycles. The summed E-state index contributed by atoms with van der Waals surface area (Å²) in [5, 5.41) is 11.7. The van der Waals surface area contributed by atoms with E-state index < -0.39 is 0 Å². The van der Waals surface area contributed by atoms with Gasteiger partial charge >= 0.3 is 0 Å². The lowest BCUT2D eigenvalue weighted by Crippen LogP contribution is -2.00. The first-order chi connectivity index (χ1) is 26.3. The highest BCUT2D eigenvalue weighted by Crippen LogP contribution is 2.44. The van der Waals surface area contributed by atoms with Crippen LogP contribution in [-0.4, -0.2) is 15.0 Å². The molecule has 0 spiro atoms. The monoisotopic (exact) mass is 675 g/mol. The molecule has 4 heteroatoms. The van der Waals surface area contributed by atoms with E-state index in [4.69, 9.17) is 19.4 Å². The molecule has 246 valence electrons. The van der Waals surface area contributed by atoms with Crippen LogP contribution in [0.15, 0.2) is 180 Å². The molecule has 0 aliphatic rings. The van der Waals surface area contributed by atoms with Gasteiger partial charge in [0.2, 0.25) is 0 Å². The zero-order chi connectivity index (χ0) is 34.9. The van der Waals surface area contributed by atoms with Gasteiger partial charge in [0, 0.05) is 33.0 Å². The first-order valence-electron chi connectivity index (χ1n) is 17.9. The molecule has 0 N–H and O–H groups in total. The van der Waals surface area contributed by atoms with Gasteiger partial charge in [-0.2, -0.15) is 0 Å². The van der Waals surface area contributed by atoms with Crippen molar-refractivity contribution in [2.45, 2.75) is 0 Å². The average Bonchev–Trinajstić information content (AvgIpc) is 3.63. The molecule has 4 nitrogen and oxygen atoms in total. The molecule has 2 aromatic heterocycles. The Morgan fingerprint density at radius 2 is 0.962 bits per heavy atom. The summed E-state index contributed by atoms with van der Waals surface area (Å²) in [6.07, 6.45) is 0. The summed E-state index contributed by atoms with van der Waals surface area (Å²) >= 11 is 0. The van der Waals surface area contributed by atoms with Crippen LogP contribution in [0.2, 0.25) is 0 Å². The minimum Gasteiger partial charge on any atom is -0.455 e. The highest BCUT2D eigenvalue weighted by atomic mass is 16.3. The summed E-state index contributed by atoms with van der Waals surface area (Å²) in [7, 11) is 0. The van der Waals surface area contributed by atoms with Crippen LogP contribution >= 0.6 is 0 Å². The lowest BCUT2D eigenvalue weighted by atomic mass is 9.91. The molecule has 0 saturated heterocycles. The summed E-state index contributed by atoms with van der Waals surface area (Å²) in [6, 6.07) is 61.6. The zero-order valence-corrected chi connectivity index (χ0v) is 28.5. The van der Waals surface area contributed by atoms with Crippen molar-refractivity contribution in [3.63, 3.8) is 0 Å². The van der Waals surface area contributed by atoms with Gasteiger partial charge in [0.15, 0.2) is 17.5 Å². The third-order valence-corrected chi connectivity index (χ3v) is 10.5. The smallest absolute Gasteiger partial charge is 0.164 e. The van der Waals surface area contributed by atoms with Crippen LogP contribution in [-0.2, 0) is 0 Å². The summed E-state index contributed by atoms with van der Waals surface area (Å²) < 4.78 is 6.81. The van der Waals surface area contributed by atoms with Crippen LogP contribution in [0.1, 0.15) is 0 Å². The molecule has 0 atom stereocenters. The summed E-state index contributed by atoms with van der Waals surface area (Å²) in [5.41, 5.74) is 6.53. The molecule has 53 heavy (non-hydrogen) atoms. The number of fused-ring (bicyclic) bond motifs is 9. The Morgan fingerprint density at radius 1 is 0.321 bits per heavy atom. The van der Waals surface area contributed by atoms with Crippen LogP contribution in [0.3, 0.4) is 0 Å². The molecule has 0 amide bonds. The average molecular weight is 676 g/mol. The van der Waals surface area contributed by atoms with Crippen LogP contribution in [0.5, 0.6) is 0 Å². The molecular formula is C49H29N3O. The topological polar surface area (TPSA) is 51.8 Å². The van der Waals surface area contributed by atoms with Crippen LogP contribution in [0, 0.1) is 0 Å². The lowest BCUT2D eigenvalue weighted by molar-refractivity contribution is 0.670. The number of benzene rings is 9. The maximum atomic E-state index is 6.81. The van der Waals surface area contributed by atoms with E-state index in [0.717, 1.165) is 55.1 Å². The van der Waals surface area contributed by atoms with E-state index in [1.807, 2.05) is 42.5 Å². The Hall–Kier alpha value is -7.17. The normalized spacial score (nSPS) is 11.8. The van der Waals surface area contributed by atoms with Gasteiger partial charge in [0.05, 0.1) is 0 Å². The maximum absolute atomic E-state index is 6.81. The van der Waals surface area contributed by atoms with Crippen molar-refractivity contribution < 1.29 is 4.42 Å². The second-order valence-electron chi connectivity index (χ2n) is 13.5. The first kappa shape index (κ1) is 29.5. The van der Waals surface area contributed by atoms with Crippen LogP contribution in [0.25, 0.3) is 110 Å². The molecule has 0 unspecified atom stereocenters. The van der Waals surface area contributed by atoms with Gasteiger partial charge in [-0.15, -0.1) is 0 Å². The summed E-state index contributed by atoms with van der Waals surface area (Å²) in [6.45, 7) is 0. The number of nitrogens with zero attached hydrogens (tertiary/aromatic N) is 3. The molecule has 0 aliphatic heterocycles. The second-order valence-corrected chi connectivity index (χ2v) is 13.5. The highest BCUT2D eigenvalue weighted by molar-refractivity contribution is 6.24. The number of hydrogen-bond acceptors (Lipinski definition) is 4. The van der Waals surface area contributed by atoms with Crippen molar-refractivity contribution in [1.29, 1.82) is 0 Å². The second kappa shape index (κ2) is 11.7. The molecule has 0 aliphatic carbocycles. The van der Waals surface area contributed by atoms with E-state index in [1.54, 1.807) is 0 Å². The number of rotatable bonds is 4. The largest absolute Gasteiger partial charge is 0.455 e. The number of aromatic nitrogens is 3. The molecule has 0 fully saturated rings. The van der Waals surface area contributed by atoms with E-state index in [-0.39, 0.29) is 0 Å². The van der Waals surface area contributed by atoms with E-state index in [2.05, 4.69) is 133 Å². The SMILES string of the molecule is c1ccc(-c2nc(-c3ccc4ccccc4c3)nc(-c3ccc(-c4cccc5c4ccc4ccc6ccccc6c45)c4oc5ccccc5c34)n2)cc1. The van der Waals surface area contributed by atoms with E-state index >= 15 is 0 Å². The van der Waals surface area contributed by atoms with Gasteiger partial charge < -0.3 is 4.42 Å². The Kier molecular flexibility index (Phi) is 6.52. The fraction of sp³-hybridized carbons (Fsp3) is 0. The highest BCUT2D eigenvalue weighted by Gasteiger charge is 2.22. The fourth-order valence-corrected chi connectivity index (χ4v) is 8.00. The predicted molar refractivity (Wildman–Crippen MR) is 219 cm³/mol. The van der Waals surface area contributed by atoms with Crippen LogP contribution < -0.4 is 0 Å². The molecule has 11 rings (SSSR count). The van der Waals surface area contributed by atoms with E-state index in [1.165, 1.54) is 37.7 Å². The van der Waals surface area contributed by atoms with Gasteiger partial charge in [0.1, 0.15) is 11.2 Å². The Labute approximate surface area is 304 Å². The predicted octanol–water partition coefficient (Wildman–Crippen LogP) is 13.1. The number of furan rings is 1. The molecule has 11 aromatic rings. The minimum absolute atomic E-state index is 0.598. The standard InChI is InChI=1S/C49H29N3O/c1-2-13-33(14-3-1)47-50-48(35-24-21-30-11-4-5-15-34(30)29-35)52-49(51-47)42-28-27-40(46-45(42)41-17-8-9-20-43(41)53-46)37-18-10-19-39-38(37)26-25-32-23-22-31-12-6-7-16-36(31)44(32)39/h1-29H. The van der Waals surface area contributed by atoms with Gasteiger partial charge in [-0.05, 0) is 72.9 Å². The van der Waals surface area contributed by atoms with Crippen molar-refractivity contribution in [3.05, 3.63) is 176 Å². The maximum Gasteiger partial charge on any atom is 0.164 e. The van der Waals surface area contributed by atoms with Gasteiger partial charge in [-0.25, -0.2) is 15.0 Å². The molecule has 2 heterocycles. The Morgan fingerprint density at radius 3 is 1.85 bits per heavy atom. The molecule has 9 aromatic carbocycles. The van der Waals surface area contributed by atoms with Gasteiger partial charge in [0.25, 0.3) is 0 Å².